The van der Waals surface area contributed by atoms with E-state index in [9.17, 15) is 9.90 Å². The Morgan fingerprint density at radius 3 is 2.42 bits per heavy atom. The minimum Gasteiger partial charge on any atom is -0.489 e. The van der Waals surface area contributed by atoms with Crippen molar-refractivity contribution in [2.24, 2.45) is 0 Å². The van der Waals surface area contributed by atoms with Crippen LogP contribution in [-0.4, -0.2) is 16.2 Å². The van der Waals surface area contributed by atoms with Crippen LogP contribution in [0.15, 0.2) is 65.2 Å². The summed E-state index contributed by atoms with van der Waals surface area (Å²) in [5.74, 6) is 0.828. The van der Waals surface area contributed by atoms with Gasteiger partial charge < -0.3 is 14.4 Å². The second-order valence-electron chi connectivity index (χ2n) is 8.79. The molecule has 36 heavy (non-hydrogen) atoms. The van der Waals surface area contributed by atoms with Gasteiger partial charge in [0.1, 0.15) is 23.8 Å². The third kappa shape index (κ3) is 5.39. The van der Waals surface area contributed by atoms with E-state index in [0.717, 1.165) is 35.3 Å². The number of halogens is 3. The first-order chi connectivity index (χ1) is 17.4. The van der Waals surface area contributed by atoms with Crippen molar-refractivity contribution in [2.45, 2.75) is 38.2 Å². The molecular weight excluding hydrogens is 521 g/mol. The average molecular weight is 543 g/mol. The molecule has 0 aliphatic heterocycles. The Morgan fingerprint density at radius 2 is 1.72 bits per heavy atom. The van der Waals surface area contributed by atoms with Crippen molar-refractivity contribution in [3.63, 3.8) is 0 Å². The molecule has 1 fully saturated rings. The second-order valence-corrected chi connectivity index (χ2v) is 10.0. The molecule has 1 saturated carbocycles. The summed E-state index contributed by atoms with van der Waals surface area (Å²) in [6.07, 6.45) is 3.45. The van der Waals surface area contributed by atoms with Crippen molar-refractivity contribution >= 4 is 40.8 Å². The number of ether oxygens (including phenoxy) is 1. The lowest BCUT2D eigenvalue weighted by atomic mass is 10.0. The molecule has 1 aliphatic carbocycles. The van der Waals surface area contributed by atoms with Crippen LogP contribution in [0.2, 0.25) is 15.1 Å². The molecule has 184 valence electrons. The largest absolute Gasteiger partial charge is 0.489 e. The van der Waals surface area contributed by atoms with E-state index < -0.39 is 5.97 Å². The fourth-order valence-electron chi connectivity index (χ4n) is 4.16. The highest BCUT2D eigenvalue weighted by Gasteiger charge is 2.33. The summed E-state index contributed by atoms with van der Waals surface area (Å²) >= 11 is 19.4. The van der Waals surface area contributed by atoms with Crippen LogP contribution in [0.1, 0.15) is 51.6 Å². The number of carboxylic acids is 1. The predicted octanol–water partition coefficient (Wildman–Crippen LogP) is 8.24. The summed E-state index contributed by atoms with van der Waals surface area (Å²) in [7, 11) is 0. The van der Waals surface area contributed by atoms with Crippen LogP contribution < -0.4 is 4.74 Å². The van der Waals surface area contributed by atoms with E-state index in [1.807, 2.05) is 18.2 Å². The highest BCUT2D eigenvalue weighted by atomic mass is 35.5. The van der Waals surface area contributed by atoms with E-state index in [-0.39, 0.29) is 12.2 Å². The Hall–Kier alpha value is -2.99. The number of aromatic carboxylic acids is 1. The lowest BCUT2D eigenvalue weighted by Crippen LogP contribution is -2.01. The van der Waals surface area contributed by atoms with Crippen LogP contribution in [0.25, 0.3) is 11.3 Å². The molecule has 0 spiro atoms. The number of hydrogen-bond donors (Lipinski definition) is 1. The average Bonchev–Trinajstić information content (AvgIpc) is 3.62. The van der Waals surface area contributed by atoms with Crippen molar-refractivity contribution in [1.82, 2.24) is 5.16 Å². The van der Waals surface area contributed by atoms with Gasteiger partial charge in [0.2, 0.25) is 0 Å². The maximum absolute atomic E-state index is 11.2. The molecule has 0 radical (unpaired) electrons. The highest BCUT2D eigenvalue weighted by molar-refractivity contribution is 6.39. The fourth-order valence-corrected chi connectivity index (χ4v) is 5.00. The molecule has 8 heteroatoms. The van der Waals surface area contributed by atoms with Crippen LogP contribution in [0, 0.1) is 0 Å². The number of rotatable bonds is 9. The van der Waals surface area contributed by atoms with Crippen LogP contribution >= 0.6 is 34.8 Å². The molecule has 0 saturated heterocycles. The predicted molar refractivity (Wildman–Crippen MR) is 141 cm³/mol. The zero-order chi connectivity index (χ0) is 25.2. The monoisotopic (exact) mass is 541 g/mol. The Labute approximate surface area is 223 Å². The van der Waals surface area contributed by atoms with Crippen molar-refractivity contribution in [2.75, 3.05) is 0 Å². The number of nitrogens with zero attached hydrogens (tertiary/aromatic N) is 1. The van der Waals surface area contributed by atoms with Crippen molar-refractivity contribution < 1.29 is 19.2 Å². The molecule has 0 unspecified atom stereocenters. The van der Waals surface area contributed by atoms with Gasteiger partial charge in [-0.25, -0.2) is 4.79 Å². The van der Waals surface area contributed by atoms with Crippen LogP contribution in [0.3, 0.4) is 0 Å². The fraction of sp³-hybridized carbons (Fsp3) is 0.214. The molecule has 0 atom stereocenters. The van der Waals surface area contributed by atoms with Crippen molar-refractivity contribution in [3.8, 4) is 17.0 Å². The third-order valence-corrected chi connectivity index (χ3v) is 7.21. The topological polar surface area (TPSA) is 72.6 Å². The number of hydrogen-bond acceptors (Lipinski definition) is 4. The first kappa shape index (κ1) is 24.7. The summed E-state index contributed by atoms with van der Waals surface area (Å²) in [4.78, 5) is 11.2. The lowest BCUT2D eigenvalue weighted by Gasteiger charge is -2.11. The van der Waals surface area contributed by atoms with Crippen molar-refractivity contribution in [3.05, 3.63) is 104 Å². The third-order valence-electron chi connectivity index (χ3n) is 6.23. The Bertz CT molecular complexity index is 1410. The van der Waals surface area contributed by atoms with Crippen LogP contribution in [-0.2, 0) is 19.4 Å². The lowest BCUT2D eigenvalue weighted by molar-refractivity contribution is 0.0696. The quantitative estimate of drug-likeness (QED) is 0.230. The maximum Gasteiger partial charge on any atom is 0.335 e. The van der Waals surface area contributed by atoms with Gasteiger partial charge in [0.25, 0.3) is 0 Å². The minimum absolute atomic E-state index is 0.240. The Morgan fingerprint density at radius 1 is 0.972 bits per heavy atom. The standard InChI is InChI=1S/C28H22Cl3NO4/c29-22-5-2-6-23(30)25(22)26-21(27(36-32-26)18-9-10-18)15-35-20-12-11-17(24(31)14-20)8-7-16-3-1-4-19(13-16)28(33)34/h1-6,11-14,18H,7-10,15H2,(H,33,34). The van der Waals surface area contributed by atoms with Gasteiger partial charge in [-0.15, -0.1) is 0 Å². The summed E-state index contributed by atoms with van der Waals surface area (Å²) in [5.41, 5.74) is 4.24. The molecule has 1 heterocycles. The molecule has 5 nitrogen and oxygen atoms in total. The maximum atomic E-state index is 11.2. The van der Waals surface area contributed by atoms with Crippen molar-refractivity contribution in [1.29, 1.82) is 0 Å². The molecule has 1 aliphatic rings. The molecule has 0 bridgehead atoms. The van der Waals surface area contributed by atoms with Gasteiger partial charge in [-0.3, -0.25) is 0 Å². The summed E-state index contributed by atoms with van der Waals surface area (Å²) in [6.45, 7) is 0.240. The van der Waals surface area contributed by atoms with Crippen LogP contribution in [0.5, 0.6) is 5.75 Å². The zero-order valence-corrected chi connectivity index (χ0v) is 21.4. The summed E-state index contributed by atoms with van der Waals surface area (Å²) in [6, 6.07) is 17.9. The van der Waals surface area contributed by atoms with E-state index in [0.29, 0.717) is 50.8 Å². The van der Waals surface area contributed by atoms with E-state index in [1.165, 1.54) is 0 Å². The molecule has 4 aromatic rings. The van der Waals surface area contributed by atoms with Gasteiger partial charge in [0.15, 0.2) is 0 Å². The number of aromatic nitrogens is 1. The smallest absolute Gasteiger partial charge is 0.335 e. The van der Waals surface area contributed by atoms with Gasteiger partial charge >= 0.3 is 5.97 Å². The molecule has 0 amide bonds. The number of carboxylic acid groups (broad SMARTS) is 1. The van der Waals surface area contributed by atoms with E-state index in [2.05, 4.69) is 5.16 Å². The molecule has 3 aromatic carbocycles. The zero-order valence-electron chi connectivity index (χ0n) is 19.1. The first-order valence-corrected chi connectivity index (χ1v) is 12.7. The summed E-state index contributed by atoms with van der Waals surface area (Å²) in [5, 5.41) is 15.1. The van der Waals surface area contributed by atoms with Gasteiger partial charge in [0, 0.05) is 16.5 Å². The van der Waals surface area contributed by atoms with E-state index >= 15 is 0 Å². The SMILES string of the molecule is O=C(O)c1cccc(CCc2ccc(OCc3c(-c4c(Cl)cccc4Cl)noc3C3CC3)cc2Cl)c1. The number of benzene rings is 3. The number of carbonyl (C=O) groups is 1. The number of aryl methyl sites for hydroxylation is 2. The minimum atomic E-state index is -0.936. The van der Waals surface area contributed by atoms with Gasteiger partial charge in [-0.1, -0.05) is 64.2 Å². The highest BCUT2D eigenvalue weighted by Crippen LogP contribution is 2.46. The molecule has 5 rings (SSSR count). The second kappa shape index (κ2) is 10.6. The Kier molecular flexibility index (Phi) is 7.24. The summed E-state index contributed by atoms with van der Waals surface area (Å²) < 4.78 is 11.8. The first-order valence-electron chi connectivity index (χ1n) is 11.6. The normalized spacial score (nSPS) is 13.1. The van der Waals surface area contributed by atoms with E-state index in [1.54, 1.807) is 42.5 Å². The molecular formula is C28H22Cl3NO4. The van der Waals surface area contributed by atoms with Gasteiger partial charge in [-0.05, 0) is 73.2 Å². The van der Waals surface area contributed by atoms with Crippen LogP contribution in [0.4, 0.5) is 0 Å². The Balaban J connectivity index is 1.31. The molecule has 1 aromatic heterocycles. The van der Waals surface area contributed by atoms with Gasteiger partial charge in [0.05, 0.1) is 21.2 Å². The van der Waals surface area contributed by atoms with Gasteiger partial charge in [-0.2, -0.15) is 0 Å². The molecule has 1 N–H and O–H groups in total. The van der Waals surface area contributed by atoms with E-state index in [4.69, 9.17) is 44.1 Å².